The zero-order valence-electron chi connectivity index (χ0n) is 15.7. The number of piperidine rings is 1. The molecule has 0 aliphatic carbocycles. The van der Waals surface area contributed by atoms with Gasteiger partial charge in [-0.1, -0.05) is 19.1 Å². The summed E-state index contributed by atoms with van der Waals surface area (Å²) in [6.45, 7) is 4.54. The first-order chi connectivity index (χ1) is 12.5. The molecule has 0 bridgehead atoms. The van der Waals surface area contributed by atoms with Crippen molar-refractivity contribution in [3.8, 4) is 0 Å². The van der Waals surface area contributed by atoms with Crippen LogP contribution in [0.4, 0.5) is 5.69 Å². The summed E-state index contributed by atoms with van der Waals surface area (Å²) in [5.41, 5.74) is 1.63. The number of carbonyl (C=O) groups excluding carboxylic acids is 3. The van der Waals surface area contributed by atoms with E-state index in [-0.39, 0.29) is 30.1 Å². The summed E-state index contributed by atoms with van der Waals surface area (Å²) >= 11 is 0. The van der Waals surface area contributed by atoms with E-state index in [1.54, 1.807) is 0 Å². The first-order valence-corrected chi connectivity index (χ1v) is 9.45. The lowest BCUT2D eigenvalue weighted by Crippen LogP contribution is -2.32. The second-order valence-electron chi connectivity index (χ2n) is 7.39. The fourth-order valence-electron chi connectivity index (χ4n) is 3.76. The van der Waals surface area contributed by atoms with Gasteiger partial charge in [-0.2, -0.15) is 0 Å². The molecule has 2 saturated heterocycles. The molecule has 0 spiro atoms. The molecule has 1 aromatic carbocycles. The van der Waals surface area contributed by atoms with Crippen LogP contribution in [0, 0.1) is 11.8 Å². The lowest BCUT2D eigenvalue weighted by atomic mass is 9.84. The molecule has 27 heavy (non-hydrogen) atoms. The van der Waals surface area contributed by atoms with Gasteiger partial charge in [0.05, 0.1) is 6.54 Å². The fourth-order valence-corrected chi connectivity index (χ4v) is 3.76. The molecule has 2 aliphatic heterocycles. The smallest absolute Gasteiger partial charge is 0.229 e. The Balaban J connectivity index is 0.00000261. The second-order valence-corrected chi connectivity index (χ2v) is 7.39. The first-order valence-electron chi connectivity index (χ1n) is 9.45. The van der Waals surface area contributed by atoms with Gasteiger partial charge in [0.1, 0.15) is 0 Å². The van der Waals surface area contributed by atoms with Crippen LogP contribution in [0.15, 0.2) is 24.3 Å². The van der Waals surface area contributed by atoms with Gasteiger partial charge in [0.15, 0.2) is 0 Å². The highest BCUT2D eigenvalue weighted by molar-refractivity contribution is 6.01. The van der Waals surface area contributed by atoms with Crippen molar-refractivity contribution in [1.82, 2.24) is 10.2 Å². The predicted octanol–water partition coefficient (Wildman–Crippen LogP) is 2.72. The van der Waals surface area contributed by atoms with Crippen LogP contribution in [-0.4, -0.2) is 35.7 Å². The van der Waals surface area contributed by atoms with E-state index >= 15 is 0 Å². The number of likely N-dealkylation sites (tertiary alicyclic amines) is 1. The maximum Gasteiger partial charge on any atom is 0.229 e. The standard InChI is InChI=1S/C20H27N3O3.ClH/c1-14(16-8-10-21-11-9-16)12-18(24)22-17-4-2-15(3-5-17)13-23-19(25)6-7-20(23)26;/h2-5,14,16,21H,6-13H2,1H3,(H,22,24);1H. The van der Waals surface area contributed by atoms with Crippen molar-refractivity contribution in [3.05, 3.63) is 29.8 Å². The number of benzene rings is 1. The third-order valence-corrected chi connectivity index (χ3v) is 5.43. The summed E-state index contributed by atoms with van der Waals surface area (Å²) in [7, 11) is 0. The van der Waals surface area contributed by atoms with Crippen molar-refractivity contribution in [2.24, 2.45) is 11.8 Å². The number of nitrogens with zero attached hydrogens (tertiary/aromatic N) is 1. The van der Waals surface area contributed by atoms with E-state index in [2.05, 4.69) is 17.6 Å². The summed E-state index contributed by atoms with van der Waals surface area (Å²) in [6.07, 6.45) is 3.42. The molecule has 0 saturated carbocycles. The minimum atomic E-state index is -0.112. The molecule has 6 nitrogen and oxygen atoms in total. The number of hydrogen-bond donors (Lipinski definition) is 2. The maximum atomic E-state index is 12.3. The predicted molar refractivity (Wildman–Crippen MR) is 106 cm³/mol. The van der Waals surface area contributed by atoms with E-state index in [4.69, 9.17) is 0 Å². The van der Waals surface area contributed by atoms with Crippen molar-refractivity contribution < 1.29 is 14.4 Å². The zero-order chi connectivity index (χ0) is 18.5. The van der Waals surface area contributed by atoms with E-state index in [0.717, 1.165) is 37.2 Å². The molecule has 148 valence electrons. The van der Waals surface area contributed by atoms with Gasteiger partial charge < -0.3 is 10.6 Å². The Morgan fingerprint density at radius 2 is 1.74 bits per heavy atom. The fraction of sp³-hybridized carbons (Fsp3) is 0.550. The number of anilines is 1. The van der Waals surface area contributed by atoms with Crippen LogP contribution < -0.4 is 10.6 Å². The van der Waals surface area contributed by atoms with E-state index in [1.807, 2.05) is 24.3 Å². The lowest BCUT2D eigenvalue weighted by Gasteiger charge is -2.27. The third-order valence-electron chi connectivity index (χ3n) is 5.43. The van der Waals surface area contributed by atoms with Crippen LogP contribution in [0.25, 0.3) is 0 Å². The molecule has 2 fully saturated rings. The number of nitrogens with one attached hydrogen (secondary N) is 2. The summed E-state index contributed by atoms with van der Waals surface area (Å²) in [5.74, 6) is 0.802. The molecule has 3 rings (SSSR count). The minimum absolute atomic E-state index is 0. The van der Waals surface area contributed by atoms with Crippen molar-refractivity contribution in [2.75, 3.05) is 18.4 Å². The van der Waals surface area contributed by atoms with Crippen LogP contribution >= 0.6 is 12.4 Å². The van der Waals surface area contributed by atoms with Gasteiger partial charge in [-0.15, -0.1) is 12.4 Å². The molecular formula is C20H28ClN3O3. The molecule has 1 atom stereocenters. The number of hydrogen-bond acceptors (Lipinski definition) is 4. The Hall–Kier alpha value is -1.92. The SMILES string of the molecule is CC(CC(=O)Nc1ccc(CN2C(=O)CCC2=O)cc1)C1CCNCC1.Cl. The Morgan fingerprint density at radius 1 is 1.15 bits per heavy atom. The van der Waals surface area contributed by atoms with Gasteiger partial charge in [-0.05, 0) is 55.5 Å². The highest BCUT2D eigenvalue weighted by atomic mass is 35.5. The number of rotatable bonds is 6. The molecule has 3 amide bonds. The largest absolute Gasteiger partial charge is 0.326 e. The molecule has 2 N–H and O–H groups in total. The second kappa shape index (κ2) is 9.85. The van der Waals surface area contributed by atoms with Crippen LogP contribution in [0.1, 0.15) is 44.6 Å². The Labute approximate surface area is 166 Å². The van der Waals surface area contributed by atoms with Crippen LogP contribution in [-0.2, 0) is 20.9 Å². The van der Waals surface area contributed by atoms with Crippen LogP contribution in [0.5, 0.6) is 0 Å². The Bertz CT molecular complexity index is 656. The summed E-state index contributed by atoms with van der Waals surface area (Å²) in [4.78, 5) is 36.9. The number of amides is 3. The van der Waals surface area contributed by atoms with Gasteiger partial charge in [-0.25, -0.2) is 0 Å². The van der Waals surface area contributed by atoms with E-state index in [0.29, 0.717) is 37.6 Å². The van der Waals surface area contributed by atoms with E-state index in [9.17, 15) is 14.4 Å². The molecule has 0 radical (unpaired) electrons. The van der Waals surface area contributed by atoms with Gasteiger partial charge >= 0.3 is 0 Å². The first kappa shape index (κ1) is 21.4. The van der Waals surface area contributed by atoms with Crippen molar-refractivity contribution in [3.63, 3.8) is 0 Å². The highest BCUT2D eigenvalue weighted by Crippen LogP contribution is 2.25. The lowest BCUT2D eigenvalue weighted by molar-refractivity contribution is -0.139. The molecule has 2 heterocycles. The topological polar surface area (TPSA) is 78.5 Å². The molecule has 2 aliphatic rings. The molecule has 1 aromatic rings. The molecule has 7 heteroatoms. The number of imide groups is 1. The van der Waals surface area contributed by atoms with Crippen molar-refractivity contribution in [2.45, 2.75) is 45.6 Å². The summed E-state index contributed by atoms with van der Waals surface area (Å²) in [5, 5.41) is 6.30. The van der Waals surface area contributed by atoms with E-state index in [1.165, 1.54) is 4.90 Å². The van der Waals surface area contributed by atoms with Crippen LogP contribution in [0.3, 0.4) is 0 Å². The van der Waals surface area contributed by atoms with Crippen molar-refractivity contribution in [1.29, 1.82) is 0 Å². The average molecular weight is 394 g/mol. The van der Waals surface area contributed by atoms with E-state index < -0.39 is 0 Å². The quantitative estimate of drug-likeness (QED) is 0.728. The summed E-state index contributed by atoms with van der Waals surface area (Å²) in [6, 6.07) is 7.36. The van der Waals surface area contributed by atoms with Crippen LogP contribution in [0.2, 0.25) is 0 Å². The highest BCUT2D eigenvalue weighted by Gasteiger charge is 2.28. The van der Waals surface area contributed by atoms with Gasteiger partial charge in [0.2, 0.25) is 17.7 Å². The monoisotopic (exact) mass is 393 g/mol. The van der Waals surface area contributed by atoms with Crippen molar-refractivity contribution >= 4 is 35.8 Å². The van der Waals surface area contributed by atoms with Gasteiger partial charge in [-0.3, -0.25) is 19.3 Å². The average Bonchev–Trinajstić information content (AvgIpc) is 2.96. The third kappa shape index (κ3) is 5.78. The zero-order valence-corrected chi connectivity index (χ0v) is 16.5. The maximum absolute atomic E-state index is 12.3. The number of carbonyl (C=O) groups is 3. The minimum Gasteiger partial charge on any atom is -0.326 e. The molecule has 1 unspecified atom stereocenters. The van der Waals surface area contributed by atoms with Gasteiger partial charge in [0.25, 0.3) is 0 Å². The number of halogens is 1. The van der Waals surface area contributed by atoms with Gasteiger partial charge in [0, 0.05) is 24.9 Å². The molecular weight excluding hydrogens is 366 g/mol. The summed E-state index contributed by atoms with van der Waals surface area (Å²) < 4.78 is 0. The Morgan fingerprint density at radius 3 is 2.33 bits per heavy atom. The Kier molecular flexibility index (Phi) is 7.80. The normalized spacial score (nSPS) is 18.9. The molecule has 0 aromatic heterocycles.